The lowest BCUT2D eigenvalue weighted by atomic mass is 10.2. The largest absolute Gasteiger partial charge is 0.493 e. The average Bonchev–Trinajstić information content (AvgIpc) is 2.71. The number of hydrogen-bond acceptors (Lipinski definition) is 5. The van der Waals surface area contributed by atoms with Gasteiger partial charge in [-0.2, -0.15) is 5.10 Å². The van der Waals surface area contributed by atoms with Crippen LogP contribution in [0.15, 0.2) is 65.1 Å². The number of hydrazone groups is 1. The van der Waals surface area contributed by atoms with Gasteiger partial charge in [-0.15, -0.1) is 18.3 Å². The quantitative estimate of drug-likeness (QED) is 0.152. The fraction of sp³-hybridized carbons (Fsp3) is 0.238. The Bertz CT molecular complexity index is 808. The number of benzene rings is 2. The number of ether oxygens (including phenoxy) is 2. The molecule has 2 aromatic rings. The third-order valence-corrected chi connectivity index (χ3v) is 4.82. The highest BCUT2D eigenvalue weighted by Crippen LogP contribution is 2.28. The van der Waals surface area contributed by atoms with Crippen LogP contribution >= 0.6 is 24.0 Å². The van der Waals surface area contributed by atoms with Crippen molar-refractivity contribution < 1.29 is 9.47 Å². The zero-order valence-corrected chi connectivity index (χ0v) is 17.7. The first-order valence-electron chi connectivity index (χ1n) is 8.80. The van der Waals surface area contributed by atoms with E-state index < -0.39 is 0 Å². The highest BCUT2D eigenvalue weighted by atomic mass is 32.2. The average molecular weight is 416 g/mol. The molecule has 0 bridgehead atoms. The smallest absolute Gasteiger partial charge is 0.187 e. The van der Waals surface area contributed by atoms with E-state index in [1.807, 2.05) is 18.2 Å². The fourth-order valence-electron chi connectivity index (χ4n) is 2.20. The van der Waals surface area contributed by atoms with Crippen LogP contribution in [0.1, 0.15) is 11.1 Å². The van der Waals surface area contributed by atoms with Crippen LogP contribution in [0, 0.1) is 6.92 Å². The zero-order chi connectivity index (χ0) is 20.2. The standard InChI is InChI=1S/C21H25N3O2S2/c1-4-11-22-21(27)24-23-15-17-7-10-19(20(14-17)25-3)26-12-13-28-18-8-5-16(2)6-9-18/h4-10,14-15H,1,11-13H2,2-3H3,(H2,22,24,27)/b23-15+. The van der Waals surface area contributed by atoms with Gasteiger partial charge < -0.3 is 14.8 Å². The molecular formula is C21H25N3O2S2. The Morgan fingerprint density at radius 2 is 2.00 bits per heavy atom. The molecule has 0 heterocycles. The normalized spacial score (nSPS) is 10.5. The van der Waals surface area contributed by atoms with Crippen LogP contribution in [0.2, 0.25) is 0 Å². The number of hydrogen-bond donors (Lipinski definition) is 2. The van der Waals surface area contributed by atoms with Crippen molar-refractivity contribution in [3.63, 3.8) is 0 Å². The zero-order valence-electron chi connectivity index (χ0n) is 16.1. The van der Waals surface area contributed by atoms with E-state index in [2.05, 4.69) is 53.6 Å². The number of methoxy groups -OCH3 is 1. The van der Waals surface area contributed by atoms with Crippen molar-refractivity contribution >= 4 is 35.3 Å². The third kappa shape index (κ3) is 7.62. The first-order valence-corrected chi connectivity index (χ1v) is 10.2. The molecule has 0 amide bonds. The summed E-state index contributed by atoms with van der Waals surface area (Å²) in [6, 6.07) is 14.1. The van der Waals surface area contributed by atoms with E-state index in [0.29, 0.717) is 29.8 Å². The Kier molecular flexibility index (Phi) is 9.37. The van der Waals surface area contributed by atoms with E-state index in [-0.39, 0.29) is 0 Å². The molecule has 0 fully saturated rings. The van der Waals surface area contributed by atoms with Crippen molar-refractivity contribution in [2.24, 2.45) is 5.10 Å². The molecule has 0 saturated carbocycles. The molecule has 5 nitrogen and oxygen atoms in total. The van der Waals surface area contributed by atoms with E-state index in [1.54, 1.807) is 31.2 Å². The second-order valence-corrected chi connectivity index (χ2v) is 7.37. The number of thioether (sulfide) groups is 1. The summed E-state index contributed by atoms with van der Waals surface area (Å²) in [4.78, 5) is 1.24. The second kappa shape index (κ2) is 12.0. The van der Waals surface area contributed by atoms with Gasteiger partial charge in [-0.3, -0.25) is 5.43 Å². The Balaban J connectivity index is 1.83. The van der Waals surface area contributed by atoms with Gasteiger partial charge in [0.2, 0.25) is 0 Å². The minimum Gasteiger partial charge on any atom is -0.493 e. The lowest BCUT2D eigenvalue weighted by Crippen LogP contribution is -2.31. The lowest BCUT2D eigenvalue weighted by Gasteiger charge is -2.11. The lowest BCUT2D eigenvalue weighted by molar-refractivity contribution is 0.313. The van der Waals surface area contributed by atoms with Crippen LogP contribution in [-0.2, 0) is 0 Å². The molecule has 0 aliphatic carbocycles. The fourth-order valence-corrected chi connectivity index (χ4v) is 3.07. The predicted octanol–water partition coefficient (Wildman–Crippen LogP) is 4.16. The third-order valence-electron chi connectivity index (χ3n) is 3.60. The number of rotatable bonds is 10. The van der Waals surface area contributed by atoms with Crippen LogP contribution in [0.5, 0.6) is 11.5 Å². The van der Waals surface area contributed by atoms with Crippen LogP contribution in [-0.4, -0.2) is 37.3 Å². The van der Waals surface area contributed by atoms with Crippen molar-refractivity contribution in [2.75, 3.05) is 26.0 Å². The predicted molar refractivity (Wildman–Crippen MR) is 122 cm³/mol. The number of nitrogens with zero attached hydrogens (tertiary/aromatic N) is 1. The number of nitrogens with one attached hydrogen (secondary N) is 2. The molecule has 0 spiro atoms. The van der Waals surface area contributed by atoms with Gasteiger partial charge >= 0.3 is 0 Å². The van der Waals surface area contributed by atoms with Crippen LogP contribution in [0.3, 0.4) is 0 Å². The minimum atomic E-state index is 0.439. The van der Waals surface area contributed by atoms with Crippen molar-refractivity contribution in [1.29, 1.82) is 0 Å². The van der Waals surface area contributed by atoms with E-state index in [1.165, 1.54) is 10.5 Å². The van der Waals surface area contributed by atoms with E-state index >= 15 is 0 Å². The van der Waals surface area contributed by atoms with Gasteiger partial charge in [0.25, 0.3) is 0 Å². The van der Waals surface area contributed by atoms with Crippen molar-refractivity contribution in [3.8, 4) is 11.5 Å². The maximum absolute atomic E-state index is 5.87. The maximum atomic E-state index is 5.87. The highest BCUT2D eigenvalue weighted by Gasteiger charge is 2.05. The summed E-state index contributed by atoms with van der Waals surface area (Å²) >= 11 is 6.84. The summed E-state index contributed by atoms with van der Waals surface area (Å²) in [6.07, 6.45) is 3.39. The first-order chi connectivity index (χ1) is 13.6. The van der Waals surface area contributed by atoms with Gasteiger partial charge in [0.1, 0.15) is 0 Å². The SMILES string of the molecule is C=CCNC(=S)N/N=C/c1ccc(OCCSc2ccc(C)cc2)c(OC)c1. The van der Waals surface area contributed by atoms with Crippen LogP contribution < -0.4 is 20.2 Å². The summed E-state index contributed by atoms with van der Waals surface area (Å²) in [5.74, 6) is 2.23. The molecule has 0 atom stereocenters. The van der Waals surface area contributed by atoms with Crippen molar-refractivity contribution in [2.45, 2.75) is 11.8 Å². The van der Waals surface area contributed by atoms with Crippen molar-refractivity contribution in [3.05, 3.63) is 66.2 Å². The van der Waals surface area contributed by atoms with Gasteiger partial charge in [0.15, 0.2) is 16.6 Å². The summed E-state index contributed by atoms with van der Waals surface area (Å²) < 4.78 is 11.3. The van der Waals surface area contributed by atoms with Gasteiger partial charge in [-0.1, -0.05) is 23.8 Å². The first kappa shape index (κ1) is 21.8. The molecule has 7 heteroatoms. The molecule has 0 aromatic heterocycles. The van der Waals surface area contributed by atoms with E-state index in [4.69, 9.17) is 21.7 Å². The van der Waals surface area contributed by atoms with Crippen LogP contribution in [0.25, 0.3) is 0 Å². The Morgan fingerprint density at radius 1 is 1.21 bits per heavy atom. The molecule has 148 valence electrons. The van der Waals surface area contributed by atoms with Crippen LogP contribution in [0.4, 0.5) is 0 Å². The van der Waals surface area contributed by atoms with Gasteiger partial charge in [-0.05, 0) is 55.0 Å². The monoisotopic (exact) mass is 415 g/mol. The summed E-state index contributed by atoms with van der Waals surface area (Å²) in [5, 5.41) is 7.48. The Hall–Kier alpha value is -2.51. The number of aryl methyl sites for hydroxylation is 1. The van der Waals surface area contributed by atoms with Crippen molar-refractivity contribution in [1.82, 2.24) is 10.7 Å². The molecule has 0 aliphatic heterocycles. The summed E-state index contributed by atoms with van der Waals surface area (Å²) in [6.45, 7) is 6.88. The molecule has 0 saturated heterocycles. The second-order valence-electron chi connectivity index (χ2n) is 5.79. The molecule has 0 unspecified atom stereocenters. The Labute approximate surface area is 176 Å². The number of thiocarbonyl (C=S) groups is 1. The van der Waals surface area contributed by atoms with Gasteiger partial charge in [0, 0.05) is 17.2 Å². The van der Waals surface area contributed by atoms with E-state index in [0.717, 1.165) is 11.3 Å². The topological polar surface area (TPSA) is 54.9 Å². The van der Waals surface area contributed by atoms with Gasteiger partial charge in [0.05, 0.1) is 19.9 Å². The Morgan fingerprint density at radius 3 is 2.71 bits per heavy atom. The minimum absolute atomic E-state index is 0.439. The molecule has 2 aromatic carbocycles. The summed E-state index contributed by atoms with van der Waals surface area (Å²) in [7, 11) is 1.62. The molecule has 2 rings (SSSR count). The maximum Gasteiger partial charge on any atom is 0.187 e. The molecule has 28 heavy (non-hydrogen) atoms. The summed E-state index contributed by atoms with van der Waals surface area (Å²) in [5.41, 5.74) is 4.88. The highest BCUT2D eigenvalue weighted by molar-refractivity contribution is 7.99. The molecule has 2 N–H and O–H groups in total. The van der Waals surface area contributed by atoms with Gasteiger partial charge in [-0.25, -0.2) is 0 Å². The molecule has 0 radical (unpaired) electrons. The molecule has 0 aliphatic rings. The molecular weight excluding hydrogens is 390 g/mol. The van der Waals surface area contributed by atoms with E-state index in [9.17, 15) is 0 Å².